The van der Waals surface area contributed by atoms with Crippen LogP contribution >= 0.6 is 11.8 Å². The number of para-hydroxylation sites is 1. The molecular weight excluding hydrogens is 530 g/mol. The van der Waals surface area contributed by atoms with Crippen LogP contribution in [0.2, 0.25) is 0 Å². The number of ether oxygens (including phenoxy) is 2. The number of rotatable bonds is 8. The Hall–Kier alpha value is -3.08. The summed E-state index contributed by atoms with van der Waals surface area (Å²) >= 11 is 1.49. The molecule has 0 radical (unpaired) electrons. The first-order valence-corrected chi connectivity index (χ1v) is 14.8. The van der Waals surface area contributed by atoms with Crippen LogP contribution in [0.5, 0.6) is 5.75 Å². The lowest BCUT2D eigenvalue weighted by Crippen LogP contribution is -2.59. The number of nitrogens with zero attached hydrogens (tertiary/aromatic N) is 1. The average molecular weight is 568 g/mol. The predicted octanol–water partition coefficient (Wildman–Crippen LogP) is 2.57. The van der Waals surface area contributed by atoms with Crippen LogP contribution in [0, 0.1) is 0 Å². The summed E-state index contributed by atoms with van der Waals surface area (Å²) in [6.07, 6.45) is 0.127. The largest absolute Gasteiger partial charge is 0.493 e. The van der Waals surface area contributed by atoms with Gasteiger partial charge in [-0.25, -0.2) is 0 Å². The molecule has 3 heterocycles. The lowest BCUT2D eigenvalue weighted by Gasteiger charge is -2.35. The number of aliphatic hydroxyl groups excluding tert-OH is 1. The zero-order valence-corrected chi connectivity index (χ0v) is 23.7. The Balaban J connectivity index is 1.34. The Kier molecular flexibility index (Phi) is 8.68. The molecule has 3 aliphatic heterocycles. The highest BCUT2D eigenvalue weighted by molar-refractivity contribution is 8.00. The second-order valence-corrected chi connectivity index (χ2v) is 12.7. The van der Waals surface area contributed by atoms with Crippen molar-refractivity contribution < 1.29 is 29.0 Å². The molecule has 0 bridgehead atoms. The summed E-state index contributed by atoms with van der Waals surface area (Å²) < 4.78 is 10.7. The van der Waals surface area contributed by atoms with E-state index in [0.29, 0.717) is 26.1 Å². The number of nitrogens with one attached hydrogen (secondary N) is 2. The first kappa shape index (κ1) is 28.4. The number of hydrogen-bond donors (Lipinski definition) is 3. The zero-order valence-electron chi connectivity index (χ0n) is 22.9. The maximum Gasteiger partial charge on any atom is 0.254 e. The van der Waals surface area contributed by atoms with E-state index in [-0.39, 0.29) is 30.2 Å². The van der Waals surface area contributed by atoms with Gasteiger partial charge in [0.2, 0.25) is 11.8 Å². The molecule has 0 aromatic heterocycles. The molecule has 9 nitrogen and oxygen atoms in total. The second-order valence-electron chi connectivity index (χ2n) is 11.1. The van der Waals surface area contributed by atoms with E-state index in [2.05, 4.69) is 10.6 Å². The van der Waals surface area contributed by atoms with Gasteiger partial charge in [0, 0.05) is 23.3 Å². The molecule has 2 aromatic carbocycles. The van der Waals surface area contributed by atoms with Crippen molar-refractivity contribution in [3.05, 3.63) is 65.7 Å². The fourth-order valence-electron chi connectivity index (χ4n) is 5.67. The molecule has 0 saturated carbocycles. The van der Waals surface area contributed by atoms with Crippen LogP contribution < -0.4 is 15.4 Å². The van der Waals surface area contributed by atoms with E-state index in [4.69, 9.17) is 9.47 Å². The third-order valence-electron chi connectivity index (χ3n) is 7.83. The summed E-state index contributed by atoms with van der Waals surface area (Å²) in [4.78, 5) is 42.0. The lowest BCUT2D eigenvalue weighted by molar-refractivity contribution is -0.148. The molecule has 0 unspecified atom stereocenters. The molecule has 3 amide bonds. The van der Waals surface area contributed by atoms with Crippen LogP contribution in [0.3, 0.4) is 0 Å². The van der Waals surface area contributed by atoms with Gasteiger partial charge in [-0.3, -0.25) is 14.4 Å². The predicted molar refractivity (Wildman–Crippen MR) is 152 cm³/mol. The Morgan fingerprint density at radius 3 is 2.55 bits per heavy atom. The summed E-state index contributed by atoms with van der Waals surface area (Å²) in [6.45, 7) is 4.86. The first-order chi connectivity index (χ1) is 19.2. The zero-order chi connectivity index (χ0) is 28.3. The van der Waals surface area contributed by atoms with Crippen LogP contribution in [-0.4, -0.2) is 75.9 Å². The van der Waals surface area contributed by atoms with Crippen LogP contribution in [0.1, 0.15) is 50.3 Å². The molecule has 214 valence electrons. The number of carbonyl (C=O) groups excluding carboxylic acids is 3. The highest BCUT2D eigenvalue weighted by Gasteiger charge is 2.50. The fraction of sp³-hybridized carbons (Fsp3) is 0.500. The number of thioether (sulfide) groups is 1. The molecule has 3 aliphatic rings. The van der Waals surface area contributed by atoms with Gasteiger partial charge in [0.05, 0.1) is 24.6 Å². The Bertz CT molecular complexity index is 1220. The molecule has 0 aliphatic carbocycles. The molecule has 10 heteroatoms. The lowest BCUT2D eigenvalue weighted by atomic mass is 9.95. The third kappa shape index (κ3) is 6.14. The van der Waals surface area contributed by atoms with Crippen molar-refractivity contribution >= 4 is 29.5 Å². The number of carbonyl (C=O) groups is 3. The second kappa shape index (κ2) is 12.2. The minimum absolute atomic E-state index is 0.239. The molecule has 0 spiro atoms. The first-order valence-electron chi connectivity index (χ1n) is 13.8. The van der Waals surface area contributed by atoms with E-state index in [1.807, 2.05) is 68.4 Å². The van der Waals surface area contributed by atoms with Crippen molar-refractivity contribution in [1.29, 1.82) is 0 Å². The van der Waals surface area contributed by atoms with Gasteiger partial charge < -0.3 is 30.1 Å². The Morgan fingerprint density at radius 1 is 1.05 bits per heavy atom. The summed E-state index contributed by atoms with van der Waals surface area (Å²) in [5, 5.41) is 17.4. The van der Waals surface area contributed by atoms with Crippen LogP contribution in [0.15, 0.2) is 54.6 Å². The molecule has 3 N–H and O–H groups in total. The van der Waals surface area contributed by atoms with E-state index >= 15 is 0 Å². The molecule has 2 fully saturated rings. The van der Waals surface area contributed by atoms with Crippen LogP contribution in [0.25, 0.3) is 0 Å². The maximum absolute atomic E-state index is 13.9. The van der Waals surface area contributed by atoms with Crippen molar-refractivity contribution in [2.75, 3.05) is 19.1 Å². The fourth-order valence-corrected chi connectivity index (χ4v) is 6.81. The van der Waals surface area contributed by atoms with Gasteiger partial charge in [-0.1, -0.05) is 48.5 Å². The number of benzene rings is 2. The van der Waals surface area contributed by atoms with Gasteiger partial charge in [0.15, 0.2) is 6.10 Å². The Morgan fingerprint density at radius 2 is 1.80 bits per heavy atom. The third-order valence-corrected chi connectivity index (χ3v) is 9.21. The highest BCUT2D eigenvalue weighted by Crippen LogP contribution is 2.41. The highest BCUT2D eigenvalue weighted by atomic mass is 32.2. The topological polar surface area (TPSA) is 117 Å². The van der Waals surface area contributed by atoms with Crippen molar-refractivity contribution in [2.24, 2.45) is 0 Å². The van der Waals surface area contributed by atoms with Crippen molar-refractivity contribution in [2.45, 2.75) is 74.6 Å². The Labute approximate surface area is 239 Å². The summed E-state index contributed by atoms with van der Waals surface area (Å²) in [7, 11) is 0. The summed E-state index contributed by atoms with van der Waals surface area (Å²) in [6, 6.07) is 15.1. The number of hydrogen-bond acceptors (Lipinski definition) is 7. The number of fused-ring (bicyclic) bond motifs is 1. The van der Waals surface area contributed by atoms with E-state index < -0.39 is 34.9 Å². The number of aliphatic hydroxyl groups is 1. The number of amides is 3. The average Bonchev–Trinajstić information content (AvgIpc) is 3.60. The van der Waals surface area contributed by atoms with Gasteiger partial charge in [-0.2, -0.15) is 0 Å². The summed E-state index contributed by atoms with van der Waals surface area (Å²) in [5.74, 6) is -0.204. The molecule has 2 aromatic rings. The molecular formula is C30H37N3O6S. The molecule has 40 heavy (non-hydrogen) atoms. The van der Waals surface area contributed by atoms with Gasteiger partial charge in [-0.15, -0.1) is 11.8 Å². The smallest absolute Gasteiger partial charge is 0.254 e. The minimum atomic E-state index is -1.54. The monoisotopic (exact) mass is 567 g/mol. The van der Waals surface area contributed by atoms with Gasteiger partial charge in [-0.05, 0) is 44.7 Å². The van der Waals surface area contributed by atoms with Crippen molar-refractivity contribution in [1.82, 2.24) is 15.5 Å². The van der Waals surface area contributed by atoms with Crippen LogP contribution in [0.4, 0.5) is 0 Å². The summed E-state index contributed by atoms with van der Waals surface area (Å²) in [5.41, 5.74) is 1.78. The van der Waals surface area contributed by atoms with Gasteiger partial charge >= 0.3 is 0 Å². The van der Waals surface area contributed by atoms with Crippen LogP contribution in [-0.2, 0) is 25.5 Å². The van der Waals surface area contributed by atoms with Crippen molar-refractivity contribution in [3.63, 3.8) is 0 Å². The quantitative estimate of drug-likeness (QED) is 0.449. The van der Waals surface area contributed by atoms with Crippen molar-refractivity contribution in [3.8, 4) is 5.75 Å². The minimum Gasteiger partial charge on any atom is -0.493 e. The SMILES string of the molecule is CC1(C)SCN(C(=O)[C@@H](O)[C@H](Cc2ccccc2)NC(=O)[C@@H]2CCCO2)[C@@H]1C(=O)N[C@H]1CCOc2ccccc21. The normalized spacial score (nSPS) is 24.9. The van der Waals surface area contributed by atoms with E-state index in [9.17, 15) is 19.5 Å². The van der Waals surface area contributed by atoms with E-state index in [1.165, 1.54) is 16.7 Å². The van der Waals surface area contributed by atoms with E-state index in [0.717, 1.165) is 23.3 Å². The van der Waals surface area contributed by atoms with Gasteiger partial charge in [0.1, 0.15) is 17.9 Å². The van der Waals surface area contributed by atoms with Gasteiger partial charge in [0.25, 0.3) is 5.91 Å². The molecule has 5 atom stereocenters. The standard InChI is InChI=1S/C30H37N3O6S/c1-30(2)26(28(36)31-21-14-16-39-23-12-7-6-11-20(21)23)33(18-40-30)29(37)25(34)22(17-19-9-4-3-5-10-19)32-27(35)24-13-8-15-38-24/h3-7,9-12,21-22,24-26,34H,8,13-18H2,1-2H3,(H,31,36)(H,32,35)/t21-,22-,24-,25-,26+/m0/s1. The maximum atomic E-state index is 13.9. The molecule has 2 saturated heterocycles. The molecule has 5 rings (SSSR count). The van der Waals surface area contributed by atoms with E-state index in [1.54, 1.807) is 0 Å².